The Labute approximate surface area is 188 Å². The summed E-state index contributed by atoms with van der Waals surface area (Å²) in [6, 6.07) is -0.731. The molecule has 1 N–H and O–H groups in total. The summed E-state index contributed by atoms with van der Waals surface area (Å²) in [5, 5.41) is 21.9. The number of aryl methyl sites for hydroxylation is 2. The van der Waals surface area contributed by atoms with E-state index < -0.39 is 6.04 Å². The zero-order valence-corrected chi connectivity index (χ0v) is 19.2. The molecular formula is C21H26N6O2S2. The third-order valence-electron chi connectivity index (χ3n) is 6.42. The number of carbonyl (C=O) groups is 1. The molecule has 1 fully saturated rings. The Morgan fingerprint density at radius 2 is 1.90 bits per heavy atom. The number of amides is 1. The number of carbonyl (C=O) groups excluding carboxylic acids is 1. The van der Waals surface area contributed by atoms with Gasteiger partial charge in [0, 0.05) is 10.8 Å². The first kappa shape index (κ1) is 20.7. The van der Waals surface area contributed by atoms with Crippen LogP contribution >= 0.6 is 22.7 Å². The van der Waals surface area contributed by atoms with Gasteiger partial charge in [0.25, 0.3) is 11.5 Å². The van der Waals surface area contributed by atoms with Gasteiger partial charge in [-0.05, 0) is 50.5 Å². The van der Waals surface area contributed by atoms with E-state index in [-0.39, 0.29) is 11.5 Å². The fraction of sp³-hybridized carbons (Fsp3) is 0.619. The van der Waals surface area contributed by atoms with Crippen LogP contribution in [0.25, 0.3) is 10.2 Å². The smallest absolute Gasteiger partial charge is 0.279 e. The summed E-state index contributed by atoms with van der Waals surface area (Å²) >= 11 is 3.01. The van der Waals surface area contributed by atoms with Crippen molar-refractivity contribution in [3.63, 3.8) is 0 Å². The first-order valence-corrected chi connectivity index (χ1v) is 12.8. The fourth-order valence-electron chi connectivity index (χ4n) is 4.75. The maximum absolute atomic E-state index is 13.3. The molecule has 3 heterocycles. The van der Waals surface area contributed by atoms with Crippen LogP contribution in [-0.2, 0) is 17.6 Å². The standard InChI is InChI=1S/C21H26N6O2S2/c1-2-14(17(28)22-21-25-23-18(31-21)12-8-4-3-5-9-12)27-20(29)16-13-10-6-7-11-15(13)30-19(16)24-26-27/h12,14H,2-11H2,1H3,(H,22,25,28). The predicted octanol–water partition coefficient (Wildman–Crippen LogP) is 4.22. The minimum absolute atomic E-state index is 0.216. The van der Waals surface area contributed by atoms with Crippen molar-refractivity contribution < 1.29 is 4.79 Å². The Morgan fingerprint density at radius 1 is 1.10 bits per heavy atom. The van der Waals surface area contributed by atoms with Crippen LogP contribution in [0.1, 0.15) is 85.7 Å². The maximum Gasteiger partial charge on any atom is 0.279 e. The number of thiophene rings is 1. The lowest BCUT2D eigenvalue weighted by Crippen LogP contribution is -2.35. The second kappa shape index (κ2) is 8.74. The van der Waals surface area contributed by atoms with Gasteiger partial charge in [-0.1, -0.05) is 42.7 Å². The van der Waals surface area contributed by atoms with E-state index in [1.165, 1.54) is 40.2 Å². The Morgan fingerprint density at radius 3 is 2.71 bits per heavy atom. The van der Waals surface area contributed by atoms with E-state index in [4.69, 9.17) is 0 Å². The molecule has 1 atom stereocenters. The van der Waals surface area contributed by atoms with E-state index in [9.17, 15) is 9.59 Å². The Hall–Kier alpha value is -2.20. The SMILES string of the molecule is CCC(C(=O)Nc1nnc(C2CCCCC2)s1)n1nnc2sc3c(c2c1=O)CCCC3. The highest BCUT2D eigenvalue weighted by Crippen LogP contribution is 2.36. The summed E-state index contributed by atoms with van der Waals surface area (Å²) in [7, 11) is 0. The second-order valence-electron chi connectivity index (χ2n) is 8.42. The van der Waals surface area contributed by atoms with Crippen molar-refractivity contribution in [2.24, 2.45) is 0 Å². The summed E-state index contributed by atoms with van der Waals surface area (Å²) < 4.78 is 1.25. The normalized spacial score (nSPS) is 18.1. The van der Waals surface area contributed by atoms with Gasteiger partial charge in [-0.2, -0.15) is 4.68 Å². The van der Waals surface area contributed by atoms with Crippen LogP contribution in [0.5, 0.6) is 0 Å². The molecule has 2 aliphatic carbocycles. The van der Waals surface area contributed by atoms with Gasteiger partial charge in [0.2, 0.25) is 5.13 Å². The summed E-state index contributed by atoms with van der Waals surface area (Å²) in [6.45, 7) is 1.87. The molecule has 0 radical (unpaired) electrons. The number of nitrogens with one attached hydrogen (secondary N) is 1. The summed E-state index contributed by atoms with van der Waals surface area (Å²) in [5.41, 5.74) is 0.892. The molecule has 8 nitrogen and oxygen atoms in total. The largest absolute Gasteiger partial charge is 0.299 e. The van der Waals surface area contributed by atoms with E-state index in [2.05, 4.69) is 25.8 Å². The highest BCUT2D eigenvalue weighted by atomic mass is 32.1. The first-order valence-electron chi connectivity index (χ1n) is 11.2. The molecule has 0 aliphatic heterocycles. The number of hydrogen-bond acceptors (Lipinski definition) is 8. The molecular weight excluding hydrogens is 432 g/mol. The Kier molecular flexibility index (Phi) is 5.83. The van der Waals surface area contributed by atoms with Crippen LogP contribution in [0.2, 0.25) is 0 Å². The highest BCUT2D eigenvalue weighted by Gasteiger charge is 2.27. The molecule has 1 amide bonds. The van der Waals surface area contributed by atoms with E-state index in [0.717, 1.165) is 49.1 Å². The third kappa shape index (κ3) is 3.91. The number of fused-ring (bicyclic) bond motifs is 3. The lowest BCUT2D eigenvalue weighted by molar-refractivity contribution is -0.119. The molecule has 1 saturated carbocycles. The number of nitrogens with zero attached hydrogens (tertiary/aromatic N) is 5. The van der Waals surface area contributed by atoms with Crippen molar-refractivity contribution in [2.45, 2.75) is 83.1 Å². The molecule has 0 spiro atoms. The second-order valence-corrected chi connectivity index (χ2v) is 10.5. The average Bonchev–Trinajstić information content (AvgIpc) is 3.41. The molecule has 1 unspecified atom stereocenters. The summed E-state index contributed by atoms with van der Waals surface area (Å²) in [6.07, 6.45) is 10.6. The molecule has 3 aromatic heterocycles. The van der Waals surface area contributed by atoms with Crippen LogP contribution in [0.3, 0.4) is 0 Å². The Balaban J connectivity index is 1.40. The molecule has 5 rings (SSSR count). The molecule has 164 valence electrons. The molecule has 3 aromatic rings. The number of aromatic nitrogens is 5. The van der Waals surface area contributed by atoms with E-state index in [1.54, 1.807) is 11.3 Å². The topological polar surface area (TPSA) is 103 Å². The van der Waals surface area contributed by atoms with Crippen molar-refractivity contribution in [1.82, 2.24) is 25.2 Å². The van der Waals surface area contributed by atoms with Crippen molar-refractivity contribution in [3.8, 4) is 0 Å². The molecule has 31 heavy (non-hydrogen) atoms. The average molecular weight is 459 g/mol. The molecule has 0 aromatic carbocycles. The minimum Gasteiger partial charge on any atom is -0.299 e. The number of hydrogen-bond donors (Lipinski definition) is 1. The molecule has 0 saturated heterocycles. The van der Waals surface area contributed by atoms with Gasteiger partial charge in [0.05, 0.1) is 5.39 Å². The molecule has 0 bridgehead atoms. The minimum atomic E-state index is -0.731. The van der Waals surface area contributed by atoms with Crippen LogP contribution < -0.4 is 10.9 Å². The van der Waals surface area contributed by atoms with Crippen LogP contribution in [0.15, 0.2) is 4.79 Å². The first-order chi connectivity index (χ1) is 15.2. The Bertz CT molecular complexity index is 1160. The van der Waals surface area contributed by atoms with Crippen molar-refractivity contribution in [2.75, 3.05) is 5.32 Å². The molecule has 10 heteroatoms. The van der Waals surface area contributed by atoms with Crippen LogP contribution in [-0.4, -0.2) is 31.1 Å². The van der Waals surface area contributed by atoms with Gasteiger partial charge in [-0.25, -0.2) is 0 Å². The fourth-order valence-corrected chi connectivity index (χ4v) is 6.86. The van der Waals surface area contributed by atoms with E-state index in [0.29, 0.717) is 27.7 Å². The van der Waals surface area contributed by atoms with Gasteiger partial charge in [0.1, 0.15) is 11.0 Å². The molecule has 2 aliphatic rings. The highest BCUT2D eigenvalue weighted by molar-refractivity contribution is 7.18. The predicted molar refractivity (Wildman–Crippen MR) is 122 cm³/mol. The van der Waals surface area contributed by atoms with Gasteiger partial charge in [0.15, 0.2) is 4.83 Å². The van der Waals surface area contributed by atoms with Crippen molar-refractivity contribution >= 4 is 43.9 Å². The lowest BCUT2D eigenvalue weighted by Gasteiger charge is -2.18. The van der Waals surface area contributed by atoms with Crippen molar-refractivity contribution in [3.05, 3.63) is 25.8 Å². The zero-order chi connectivity index (χ0) is 21.4. The summed E-state index contributed by atoms with van der Waals surface area (Å²) in [4.78, 5) is 28.3. The van der Waals surface area contributed by atoms with Crippen LogP contribution in [0, 0.1) is 0 Å². The lowest BCUT2D eigenvalue weighted by atomic mass is 9.90. The monoisotopic (exact) mass is 458 g/mol. The number of anilines is 1. The van der Waals surface area contributed by atoms with E-state index in [1.807, 2.05) is 6.92 Å². The van der Waals surface area contributed by atoms with Crippen LogP contribution in [0.4, 0.5) is 5.13 Å². The number of rotatable bonds is 5. The quantitative estimate of drug-likeness (QED) is 0.614. The van der Waals surface area contributed by atoms with E-state index >= 15 is 0 Å². The van der Waals surface area contributed by atoms with Gasteiger partial charge < -0.3 is 0 Å². The maximum atomic E-state index is 13.3. The third-order valence-corrected chi connectivity index (χ3v) is 8.59. The van der Waals surface area contributed by atoms with Gasteiger partial charge in [-0.15, -0.1) is 26.6 Å². The zero-order valence-electron chi connectivity index (χ0n) is 17.6. The van der Waals surface area contributed by atoms with Gasteiger partial charge in [-0.3, -0.25) is 14.9 Å². The summed E-state index contributed by atoms with van der Waals surface area (Å²) in [5.74, 6) is 0.147. The van der Waals surface area contributed by atoms with Crippen molar-refractivity contribution in [1.29, 1.82) is 0 Å². The van der Waals surface area contributed by atoms with Gasteiger partial charge >= 0.3 is 0 Å².